The molecule has 12 nitrogen and oxygen atoms in total. The van der Waals surface area contributed by atoms with Crippen molar-refractivity contribution >= 4 is 49.4 Å². The smallest absolute Gasteiger partial charge is 0.298 e. The molecule has 0 aliphatic carbocycles. The molecule has 14 heteroatoms. The number of furan rings is 1. The predicted octanol–water partition coefficient (Wildman–Crippen LogP) is 6.75. The maximum absolute atomic E-state index is 13.7. The Bertz CT molecular complexity index is 2280. The van der Waals surface area contributed by atoms with E-state index in [1.54, 1.807) is 30.3 Å². The van der Waals surface area contributed by atoms with Crippen LogP contribution in [0.4, 0.5) is 15.8 Å². The molecule has 6 aromatic rings. The highest BCUT2D eigenvalue weighted by Gasteiger charge is 2.26. The molecule has 234 valence electrons. The summed E-state index contributed by atoms with van der Waals surface area (Å²) in [5.41, 5.74) is 2.13. The first-order chi connectivity index (χ1) is 22.0. The Morgan fingerprint density at radius 1 is 1.00 bits per heavy atom. The third-order valence-electron chi connectivity index (χ3n) is 7.37. The monoisotopic (exact) mass is 644 g/mol. The molecule has 6 rings (SSSR count). The van der Waals surface area contributed by atoms with Gasteiger partial charge in [0, 0.05) is 35.7 Å². The number of nitro groups is 1. The number of oxazole rings is 1. The molecule has 0 aliphatic rings. The number of fused-ring (bicyclic) bond motifs is 2. The van der Waals surface area contributed by atoms with Crippen LogP contribution in [-0.4, -0.2) is 44.1 Å². The van der Waals surface area contributed by atoms with Crippen LogP contribution in [0.25, 0.3) is 56.0 Å². The zero-order valence-electron chi connectivity index (χ0n) is 24.6. The molecule has 0 aliphatic heterocycles. The van der Waals surface area contributed by atoms with Gasteiger partial charge >= 0.3 is 0 Å². The molecule has 0 saturated carbocycles. The van der Waals surface area contributed by atoms with Crippen molar-refractivity contribution in [3.05, 3.63) is 94.3 Å². The highest BCUT2D eigenvalue weighted by molar-refractivity contribution is 7.92. The average molecular weight is 645 g/mol. The van der Waals surface area contributed by atoms with E-state index in [1.165, 1.54) is 63.5 Å². The molecule has 0 radical (unpaired) electrons. The lowest BCUT2D eigenvalue weighted by Crippen LogP contribution is -2.18. The standard InChI is InChI=1S/C32H25FN4O8S/c1-4-46(41,42)36-23-16-27-21(28(31(38)34-2)30(44-27)17-8-11-19(33)12-9-17)15-20(23)18-10-13-25(43-3)22(14-18)32-35-29-24(37(39)40)6-5-7-26(29)45-32/h5-16,36H,4H2,1-3H3,(H,34,38). The van der Waals surface area contributed by atoms with Crippen LogP contribution in [0, 0.1) is 15.9 Å². The minimum Gasteiger partial charge on any atom is -0.496 e. The second kappa shape index (κ2) is 11.6. The van der Waals surface area contributed by atoms with Gasteiger partial charge in [0.15, 0.2) is 11.1 Å². The summed E-state index contributed by atoms with van der Waals surface area (Å²) in [6.45, 7) is 1.49. The fourth-order valence-electron chi connectivity index (χ4n) is 5.10. The molecule has 2 N–H and O–H groups in total. The number of para-hydroxylation sites is 1. The van der Waals surface area contributed by atoms with E-state index in [0.717, 1.165) is 0 Å². The Balaban J connectivity index is 1.61. The number of hydrogen-bond acceptors (Lipinski definition) is 9. The molecule has 4 aromatic carbocycles. The van der Waals surface area contributed by atoms with Gasteiger partial charge in [-0.15, -0.1) is 0 Å². The molecule has 0 saturated heterocycles. The van der Waals surface area contributed by atoms with Crippen LogP contribution in [0.1, 0.15) is 17.3 Å². The summed E-state index contributed by atoms with van der Waals surface area (Å²) in [6, 6.07) is 17.8. The van der Waals surface area contributed by atoms with Crippen LogP contribution in [0.5, 0.6) is 5.75 Å². The van der Waals surface area contributed by atoms with Gasteiger partial charge in [0.05, 0.1) is 34.6 Å². The molecule has 46 heavy (non-hydrogen) atoms. The number of carbonyl (C=O) groups excluding carboxylic acids is 1. The minimum atomic E-state index is -3.79. The van der Waals surface area contributed by atoms with Gasteiger partial charge in [-0.05, 0) is 61.0 Å². The third-order valence-corrected chi connectivity index (χ3v) is 8.66. The van der Waals surface area contributed by atoms with Crippen LogP contribution in [0.15, 0.2) is 81.6 Å². The Kier molecular flexibility index (Phi) is 7.65. The molecule has 0 unspecified atom stereocenters. The topological polar surface area (TPSA) is 167 Å². The lowest BCUT2D eigenvalue weighted by molar-refractivity contribution is -0.383. The fraction of sp³-hybridized carbons (Fsp3) is 0.125. The number of carbonyl (C=O) groups is 1. The van der Waals surface area contributed by atoms with Gasteiger partial charge in [0.1, 0.15) is 22.9 Å². The number of nitro benzene ring substituents is 1. The van der Waals surface area contributed by atoms with Gasteiger partial charge in [0.2, 0.25) is 15.9 Å². The van der Waals surface area contributed by atoms with Gasteiger partial charge in [-0.2, -0.15) is 0 Å². The van der Waals surface area contributed by atoms with Gasteiger partial charge < -0.3 is 18.9 Å². The maximum Gasteiger partial charge on any atom is 0.298 e. The molecule has 0 bridgehead atoms. The molecule has 0 fully saturated rings. The van der Waals surface area contributed by atoms with Crippen molar-refractivity contribution in [2.24, 2.45) is 0 Å². The first-order valence-electron chi connectivity index (χ1n) is 13.8. The van der Waals surface area contributed by atoms with E-state index in [-0.39, 0.29) is 51.0 Å². The normalized spacial score (nSPS) is 11.6. The molecule has 0 spiro atoms. The van der Waals surface area contributed by atoms with E-state index in [2.05, 4.69) is 15.0 Å². The number of halogens is 1. The van der Waals surface area contributed by atoms with E-state index in [0.29, 0.717) is 33.4 Å². The summed E-state index contributed by atoms with van der Waals surface area (Å²) >= 11 is 0. The SMILES string of the molecule is CCS(=O)(=O)Nc1cc2oc(-c3ccc(F)cc3)c(C(=O)NC)c2cc1-c1ccc(OC)c(-c2nc3c([N+](=O)[O-])cccc3o2)c1. The maximum atomic E-state index is 13.7. The summed E-state index contributed by atoms with van der Waals surface area (Å²) in [7, 11) is -0.892. The number of aromatic nitrogens is 1. The summed E-state index contributed by atoms with van der Waals surface area (Å²) in [5, 5.41) is 14.6. The van der Waals surface area contributed by atoms with Crippen molar-refractivity contribution in [1.82, 2.24) is 10.3 Å². The quantitative estimate of drug-likeness (QED) is 0.128. The average Bonchev–Trinajstić information content (AvgIpc) is 3.65. The molecule has 0 atom stereocenters. The van der Waals surface area contributed by atoms with E-state index < -0.39 is 26.7 Å². The van der Waals surface area contributed by atoms with Crippen molar-refractivity contribution in [2.75, 3.05) is 24.6 Å². The van der Waals surface area contributed by atoms with Crippen LogP contribution in [0.2, 0.25) is 0 Å². The lowest BCUT2D eigenvalue weighted by Gasteiger charge is -2.14. The number of methoxy groups -OCH3 is 1. The highest BCUT2D eigenvalue weighted by Crippen LogP contribution is 2.43. The van der Waals surface area contributed by atoms with Gasteiger partial charge in [-0.3, -0.25) is 19.6 Å². The van der Waals surface area contributed by atoms with Crippen LogP contribution in [-0.2, 0) is 10.0 Å². The van der Waals surface area contributed by atoms with E-state index in [9.17, 15) is 27.7 Å². The molecular formula is C32H25FN4O8S. The summed E-state index contributed by atoms with van der Waals surface area (Å²) in [5.74, 6) is -0.629. The second-order valence-electron chi connectivity index (χ2n) is 10.1. The summed E-state index contributed by atoms with van der Waals surface area (Å²) < 4.78 is 59.5. The Labute approximate surface area is 261 Å². The van der Waals surface area contributed by atoms with Crippen molar-refractivity contribution in [2.45, 2.75) is 6.92 Å². The number of non-ortho nitro benzene ring substituents is 1. The van der Waals surface area contributed by atoms with Crippen LogP contribution in [0.3, 0.4) is 0 Å². The molecular weight excluding hydrogens is 619 g/mol. The fourth-order valence-corrected chi connectivity index (χ4v) is 5.75. The Morgan fingerprint density at radius 3 is 2.41 bits per heavy atom. The van der Waals surface area contributed by atoms with Crippen molar-refractivity contribution in [3.63, 3.8) is 0 Å². The molecule has 2 heterocycles. The predicted molar refractivity (Wildman–Crippen MR) is 170 cm³/mol. The Morgan fingerprint density at radius 2 is 1.74 bits per heavy atom. The zero-order valence-corrected chi connectivity index (χ0v) is 25.4. The van der Waals surface area contributed by atoms with E-state index in [1.807, 2.05) is 0 Å². The summed E-state index contributed by atoms with van der Waals surface area (Å²) in [4.78, 5) is 28.6. The Hall–Kier alpha value is -5.76. The number of nitrogens with one attached hydrogen (secondary N) is 2. The highest BCUT2D eigenvalue weighted by atomic mass is 32.2. The number of nitrogens with zero attached hydrogens (tertiary/aromatic N) is 2. The molecule has 2 aromatic heterocycles. The minimum absolute atomic E-state index is 0.0349. The van der Waals surface area contributed by atoms with Gasteiger partial charge in [-0.25, -0.2) is 17.8 Å². The number of hydrogen-bond donors (Lipinski definition) is 2. The van der Waals surface area contributed by atoms with Gasteiger partial charge in [0.25, 0.3) is 11.6 Å². The van der Waals surface area contributed by atoms with E-state index >= 15 is 0 Å². The molecule has 1 amide bonds. The zero-order chi connectivity index (χ0) is 32.7. The van der Waals surface area contributed by atoms with Gasteiger partial charge in [-0.1, -0.05) is 12.1 Å². The lowest BCUT2D eigenvalue weighted by atomic mass is 9.97. The van der Waals surface area contributed by atoms with Crippen molar-refractivity contribution in [1.29, 1.82) is 0 Å². The number of ether oxygens (including phenoxy) is 1. The first kappa shape index (κ1) is 30.3. The largest absolute Gasteiger partial charge is 0.496 e. The van der Waals surface area contributed by atoms with Crippen molar-refractivity contribution < 1.29 is 36.1 Å². The van der Waals surface area contributed by atoms with Crippen LogP contribution >= 0.6 is 0 Å². The number of amides is 1. The second-order valence-corrected chi connectivity index (χ2v) is 12.1. The number of rotatable bonds is 9. The third kappa shape index (κ3) is 5.38. The number of benzene rings is 4. The van der Waals surface area contributed by atoms with Crippen molar-refractivity contribution in [3.8, 4) is 39.7 Å². The number of sulfonamides is 1. The summed E-state index contributed by atoms with van der Waals surface area (Å²) in [6.07, 6.45) is 0. The van der Waals surface area contributed by atoms with E-state index in [4.69, 9.17) is 13.6 Å². The van der Waals surface area contributed by atoms with Crippen LogP contribution < -0.4 is 14.8 Å². The number of anilines is 1. The first-order valence-corrected chi connectivity index (χ1v) is 15.5.